The molecule has 1 unspecified atom stereocenters. The zero-order valence-corrected chi connectivity index (χ0v) is 13.6. The topological polar surface area (TPSA) is 65.1 Å². The zero-order chi connectivity index (χ0) is 16.2. The molecular formula is C16H18N3O3S+. The monoisotopic (exact) mass is 332 g/mol. The van der Waals surface area contributed by atoms with Crippen molar-refractivity contribution in [2.45, 2.75) is 13.1 Å². The molecular weight excluding hydrogens is 314 g/mol. The molecule has 120 valence electrons. The molecule has 0 fully saturated rings. The number of benzene rings is 1. The quantitative estimate of drug-likeness (QED) is 0.696. The number of hydrogen-bond acceptors (Lipinski definition) is 5. The molecule has 3 rings (SSSR count). The van der Waals surface area contributed by atoms with E-state index in [9.17, 15) is 9.59 Å². The largest absolute Gasteiger partial charge is 0.466 e. The van der Waals surface area contributed by atoms with E-state index >= 15 is 0 Å². The average Bonchev–Trinajstić information content (AvgIpc) is 2.89. The van der Waals surface area contributed by atoms with Gasteiger partial charge in [-0.3, -0.25) is 9.69 Å². The summed E-state index contributed by atoms with van der Waals surface area (Å²) in [6, 6.07) is 10.3. The molecule has 2 heterocycles. The number of carbonyl (C=O) groups is 1. The number of aromatic nitrogens is 1. The number of thiazole rings is 1. The Morgan fingerprint density at radius 2 is 2.22 bits per heavy atom. The van der Waals surface area contributed by atoms with E-state index in [0.717, 1.165) is 13.0 Å². The van der Waals surface area contributed by atoms with Crippen molar-refractivity contribution in [1.29, 1.82) is 0 Å². The smallest absolute Gasteiger partial charge is 0.332 e. The predicted octanol–water partition coefficient (Wildman–Crippen LogP) is -1.46. The van der Waals surface area contributed by atoms with E-state index in [4.69, 9.17) is 0 Å². The minimum Gasteiger partial charge on any atom is -0.466 e. The molecule has 0 saturated carbocycles. The molecule has 0 radical (unpaired) electrons. The number of nitrogens with one attached hydrogen (secondary N) is 1. The Kier molecular flexibility index (Phi) is 4.68. The van der Waals surface area contributed by atoms with E-state index < -0.39 is 5.97 Å². The van der Waals surface area contributed by atoms with Gasteiger partial charge < -0.3 is 4.74 Å². The van der Waals surface area contributed by atoms with Crippen molar-refractivity contribution in [3.8, 4) is 0 Å². The van der Waals surface area contributed by atoms with Crippen LogP contribution in [0.25, 0.3) is 6.08 Å². The number of ether oxygens (including phenoxy) is 1. The lowest BCUT2D eigenvalue weighted by Crippen LogP contribution is -3.12. The number of carbonyl (C=O) groups excluding carboxylic acids is 1. The summed E-state index contributed by atoms with van der Waals surface area (Å²) < 4.78 is 6.60. The summed E-state index contributed by atoms with van der Waals surface area (Å²) in [5.41, 5.74) is 1.11. The highest BCUT2D eigenvalue weighted by molar-refractivity contribution is 7.07. The normalized spacial score (nSPS) is 17.4. The lowest BCUT2D eigenvalue weighted by molar-refractivity contribution is -0.924. The van der Waals surface area contributed by atoms with Gasteiger partial charge in [0.1, 0.15) is 4.53 Å². The molecule has 0 bridgehead atoms. The maximum atomic E-state index is 12.3. The summed E-state index contributed by atoms with van der Waals surface area (Å²) in [7, 11) is 1.30. The molecule has 1 aromatic carbocycles. The van der Waals surface area contributed by atoms with Crippen LogP contribution < -0.4 is 19.8 Å². The first-order valence-electron chi connectivity index (χ1n) is 7.38. The van der Waals surface area contributed by atoms with Gasteiger partial charge in [-0.15, -0.1) is 0 Å². The standard InChI is InChI=1S/C16H17N3O3S/c1-22-14(20)9-13-15(21)19-11-18(10-17-16(19)23-13)8-7-12-5-3-2-4-6-12/h2-6,9H,7-8,10-11H2,1H3/p+1/b13-9+. The van der Waals surface area contributed by atoms with E-state index in [2.05, 4.69) is 21.9 Å². The summed E-state index contributed by atoms with van der Waals surface area (Å²) in [6.07, 6.45) is 2.18. The van der Waals surface area contributed by atoms with Gasteiger partial charge >= 0.3 is 5.97 Å². The van der Waals surface area contributed by atoms with Crippen LogP contribution in [-0.4, -0.2) is 30.9 Å². The minimum atomic E-state index is -0.519. The van der Waals surface area contributed by atoms with Gasteiger partial charge in [0.05, 0.1) is 13.7 Å². The van der Waals surface area contributed by atoms with E-state index in [1.54, 1.807) is 4.57 Å². The number of quaternary nitrogens is 1. The Morgan fingerprint density at radius 3 is 2.96 bits per heavy atom. The van der Waals surface area contributed by atoms with Crippen LogP contribution in [0.2, 0.25) is 0 Å². The van der Waals surface area contributed by atoms with Crippen molar-refractivity contribution < 1.29 is 14.4 Å². The van der Waals surface area contributed by atoms with E-state index in [1.165, 1.54) is 35.0 Å². The first-order valence-corrected chi connectivity index (χ1v) is 8.20. The van der Waals surface area contributed by atoms with Crippen molar-refractivity contribution in [3.63, 3.8) is 0 Å². The summed E-state index contributed by atoms with van der Waals surface area (Å²) in [6.45, 7) is 2.13. The van der Waals surface area contributed by atoms with Crippen molar-refractivity contribution in [2.75, 3.05) is 20.3 Å². The van der Waals surface area contributed by atoms with E-state index in [1.807, 2.05) is 18.2 Å². The van der Waals surface area contributed by atoms with Gasteiger partial charge in [-0.25, -0.2) is 14.4 Å². The molecule has 1 atom stereocenters. The van der Waals surface area contributed by atoms with Crippen LogP contribution in [0.5, 0.6) is 0 Å². The Labute approximate surface area is 137 Å². The van der Waals surface area contributed by atoms with Gasteiger partial charge in [0.25, 0.3) is 5.56 Å². The van der Waals surface area contributed by atoms with Crippen molar-refractivity contribution in [2.24, 2.45) is 4.99 Å². The predicted molar refractivity (Wildman–Crippen MR) is 86.7 cm³/mol. The molecule has 6 nitrogen and oxygen atoms in total. The maximum Gasteiger partial charge on any atom is 0.332 e. The number of nitrogens with zero attached hydrogens (tertiary/aromatic N) is 2. The number of rotatable bonds is 4. The maximum absolute atomic E-state index is 12.3. The molecule has 1 aliphatic heterocycles. The van der Waals surface area contributed by atoms with Gasteiger partial charge in [0, 0.05) is 12.5 Å². The summed E-state index contributed by atoms with van der Waals surface area (Å²) in [4.78, 5) is 30.0. The molecule has 1 aliphatic rings. The van der Waals surface area contributed by atoms with E-state index in [-0.39, 0.29) is 5.56 Å². The first-order chi connectivity index (χ1) is 11.2. The fourth-order valence-corrected chi connectivity index (χ4v) is 3.44. The second kappa shape index (κ2) is 6.89. The second-order valence-electron chi connectivity index (χ2n) is 5.36. The van der Waals surface area contributed by atoms with Gasteiger partial charge in [0.15, 0.2) is 18.1 Å². The highest BCUT2D eigenvalue weighted by Gasteiger charge is 2.18. The lowest BCUT2D eigenvalue weighted by atomic mass is 10.1. The SMILES string of the molecule is COC(=O)/C=c1/sc2n(c1=O)C[NH+](CCc1ccccc1)CN=2. The highest BCUT2D eigenvalue weighted by Crippen LogP contribution is 1.97. The Morgan fingerprint density at radius 1 is 1.43 bits per heavy atom. The summed E-state index contributed by atoms with van der Waals surface area (Å²) >= 11 is 1.24. The van der Waals surface area contributed by atoms with Gasteiger partial charge in [-0.1, -0.05) is 41.7 Å². The molecule has 7 heteroatoms. The third-order valence-corrected chi connectivity index (χ3v) is 4.81. The van der Waals surface area contributed by atoms with Crippen LogP contribution in [0.1, 0.15) is 5.56 Å². The lowest BCUT2D eigenvalue weighted by Gasteiger charge is -2.20. The third-order valence-electron chi connectivity index (χ3n) is 3.77. The Hall–Kier alpha value is -2.25. The van der Waals surface area contributed by atoms with Crippen molar-refractivity contribution >= 4 is 23.4 Å². The first kappa shape index (κ1) is 15.6. The van der Waals surface area contributed by atoms with Crippen LogP contribution in [0, 0.1) is 0 Å². The Balaban J connectivity index is 1.75. The molecule has 0 spiro atoms. The van der Waals surface area contributed by atoms with Crippen LogP contribution in [0.4, 0.5) is 0 Å². The zero-order valence-electron chi connectivity index (χ0n) is 12.8. The molecule has 0 aliphatic carbocycles. The second-order valence-corrected chi connectivity index (χ2v) is 6.37. The molecule has 1 N–H and O–H groups in total. The van der Waals surface area contributed by atoms with Crippen LogP contribution in [-0.2, 0) is 22.6 Å². The molecule has 0 saturated heterocycles. The highest BCUT2D eigenvalue weighted by atomic mass is 32.1. The molecule has 23 heavy (non-hydrogen) atoms. The summed E-state index contributed by atoms with van der Waals surface area (Å²) in [5.74, 6) is -0.519. The van der Waals surface area contributed by atoms with Gasteiger partial charge in [0.2, 0.25) is 0 Å². The molecule has 2 aromatic rings. The molecule has 0 amide bonds. The fourth-order valence-electron chi connectivity index (χ4n) is 2.51. The summed E-state index contributed by atoms with van der Waals surface area (Å²) in [5, 5.41) is 0. The Bertz CT molecular complexity index is 870. The number of fused-ring (bicyclic) bond motifs is 1. The van der Waals surface area contributed by atoms with Crippen molar-refractivity contribution in [1.82, 2.24) is 4.57 Å². The average molecular weight is 332 g/mol. The van der Waals surface area contributed by atoms with Crippen LogP contribution >= 0.6 is 11.3 Å². The van der Waals surface area contributed by atoms with Gasteiger partial charge in [-0.2, -0.15) is 0 Å². The number of esters is 1. The molecule has 1 aromatic heterocycles. The minimum absolute atomic E-state index is 0.170. The van der Waals surface area contributed by atoms with Crippen molar-refractivity contribution in [3.05, 3.63) is 55.6 Å². The third kappa shape index (κ3) is 3.57. The fraction of sp³-hybridized carbons (Fsp3) is 0.312. The van der Waals surface area contributed by atoms with Crippen LogP contribution in [0.15, 0.2) is 40.1 Å². The number of methoxy groups -OCH3 is 1. The van der Waals surface area contributed by atoms with Crippen LogP contribution in [0.3, 0.4) is 0 Å². The van der Waals surface area contributed by atoms with Gasteiger partial charge in [-0.05, 0) is 5.56 Å². The number of hydrogen-bond donors (Lipinski definition) is 1. The van der Waals surface area contributed by atoms with E-state index in [0.29, 0.717) is 22.7 Å².